The third-order valence-electron chi connectivity index (χ3n) is 7.92. The molecule has 0 amide bonds. The summed E-state index contributed by atoms with van der Waals surface area (Å²) in [6.07, 6.45) is 21.0. The predicted molar refractivity (Wildman–Crippen MR) is 117 cm³/mol. The second-order valence-electron chi connectivity index (χ2n) is 10.3. The molecule has 0 aliphatic heterocycles. The van der Waals surface area contributed by atoms with E-state index in [9.17, 15) is 5.11 Å². The maximum Gasteiger partial charge on any atom is 0.0583 e. The van der Waals surface area contributed by atoms with Gasteiger partial charge < -0.3 is 5.11 Å². The summed E-state index contributed by atoms with van der Waals surface area (Å²) >= 11 is 0. The van der Waals surface area contributed by atoms with Gasteiger partial charge in [-0.15, -0.1) is 0 Å². The van der Waals surface area contributed by atoms with Crippen LogP contribution >= 0.6 is 0 Å². The molecule has 0 radical (unpaired) electrons. The molecule has 1 heteroatoms. The van der Waals surface area contributed by atoms with Crippen LogP contribution in [-0.2, 0) is 0 Å². The van der Waals surface area contributed by atoms with E-state index in [-0.39, 0.29) is 6.10 Å². The first kappa shape index (κ1) is 20.9. The highest BCUT2D eigenvalue weighted by atomic mass is 16.3. The molecule has 1 fully saturated rings. The smallest absolute Gasteiger partial charge is 0.0583 e. The first-order valence-electron chi connectivity index (χ1n) is 11.6. The molecule has 152 valence electrons. The Hall–Kier alpha value is -0.820. The SMILES string of the molecule is CC1=C(/C=C\C2=CCCC3(C)C(CCCCC(C)C)CCC23)CC(O)CC1. The Morgan fingerprint density at radius 1 is 1.19 bits per heavy atom. The monoisotopic (exact) mass is 370 g/mol. The number of aliphatic hydroxyl groups is 1. The van der Waals surface area contributed by atoms with E-state index in [0.29, 0.717) is 5.41 Å². The van der Waals surface area contributed by atoms with Crippen molar-refractivity contribution in [3.63, 3.8) is 0 Å². The van der Waals surface area contributed by atoms with E-state index in [4.69, 9.17) is 0 Å². The molecule has 0 bridgehead atoms. The number of unbranched alkanes of at least 4 members (excludes halogenated alkanes) is 1. The molecule has 3 rings (SSSR count). The number of fused-ring (bicyclic) bond motifs is 1. The summed E-state index contributed by atoms with van der Waals surface area (Å²) < 4.78 is 0. The first-order valence-corrected chi connectivity index (χ1v) is 11.6. The van der Waals surface area contributed by atoms with Crippen molar-refractivity contribution in [2.75, 3.05) is 0 Å². The number of allylic oxidation sites excluding steroid dienone is 5. The van der Waals surface area contributed by atoms with Crippen molar-refractivity contribution in [2.45, 2.75) is 104 Å². The fourth-order valence-electron chi connectivity index (χ4n) is 6.01. The summed E-state index contributed by atoms with van der Waals surface area (Å²) in [7, 11) is 0. The number of rotatable bonds is 7. The van der Waals surface area contributed by atoms with Crippen molar-refractivity contribution in [1.82, 2.24) is 0 Å². The Morgan fingerprint density at radius 2 is 2.00 bits per heavy atom. The Morgan fingerprint density at radius 3 is 2.78 bits per heavy atom. The maximum atomic E-state index is 10.0. The zero-order valence-corrected chi connectivity index (χ0v) is 18.3. The van der Waals surface area contributed by atoms with Gasteiger partial charge in [0, 0.05) is 0 Å². The highest BCUT2D eigenvalue weighted by molar-refractivity contribution is 5.36. The molecule has 0 spiro atoms. The molecule has 0 heterocycles. The first-order chi connectivity index (χ1) is 12.9. The normalized spacial score (nSPS) is 34.4. The van der Waals surface area contributed by atoms with Gasteiger partial charge in [-0.1, -0.05) is 63.8 Å². The van der Waals surface area contributed by atoms with Crippen molar-refractivity contribution < 1.29 is 5.11 Å². The lowest BCUT2D eigenvalue weighted by Crippen LogP contribution is -2.32. The summed E-state index contributed by atoms with van der Waals surface area (Å²) in [5.74, 6) is 2.53. The van der Waals surface area contributed by atoms with Crippen molar-refractivity contribution >= 4 is 0 Å². The van der Waals surface area contributed by atoms with Crippen LogP contribution in [0.25, 0.3) is 0 Å². The predicted octanol–water partition coefficient (Wildman–Crippen LogP) is 7.37. The molecule has 4 atom stereocenters. The average molecular weight is 371 g/mol. The molecule has 1 nitrogen and oxygen atoms in total. The molecule has 3 aliphatic carbocycles. The van der Waals surface area contributed by atoms with Gasteiger partial charge in [0.05, 0.1) is 6.10 Å². The van der Waals surface area contributed by atoms with Crippen LogP contribution in [0, 0.1) is 23.2 Å². The Balaban J connectivity index is 1.63. The fraction of sp³-hybridized carbons (Fsp3) is 0.769. The Bertz CT molecular complexity index is 593. The van der Waals surface area contributed by atoms with Gasteiger partial charge in [0.25, 0.3) is 0 Å². The third-order valence-corrected chi connectivity index (χ3v) is 7.92. The molecule has 0 aromatic rings. The molecule has 1 saturated carbocycles. The number of aliphatic hydroxyl groups excluding tert-OH is 1. The van der Waals surface area contributed by atoms with Gasteiger partial charge in [-0.25, -0.2) is 0 Å². The van der Waals surface area contributed by atoms with Crippen LogP contribution < -0.4 is 0 Å². The highest BCUT2D eigenvalue weighted by Gasteiger charge is 2.47. The van der Waals surface area contributed by atoms with Crippen LogP contribution in [0.3, 0.4) is 0 Å². The zero-order valence-electron chi connectivity index (χ0n) is 18.3. The molecule has 3 aliphatic rings. The molecular formula is C26H42O. The van der Waals surface area contributed by atoms with Crippen molar-refractivity contribution in [3.8, 4) is 0 Å². The highest BCUT2D eigenvalue weighted by Crippen LogP contribution is 2.57. The Kier molecular flexibility index (Phi) is 7.06. The number of hydrogen-bond acceptors (Lipinski definition) is 1. The lowest BCUT2D eigenvalue weighted by atomic mass is 9.64. The molecule has 27 heavy (non-hydrogen) atoms. The second kappa shape index (κ2) is 9.12. The van der Waals surface area contributed by atoms with Crippen LogP contribution in [-0.4, -0.2) is 11.2 Å². The van der Waals surface area contributed by atoms with Crippen molar-refractivity contribution in [1.29, 1.82) is 0 Å². The van der Waals surface area contributed by atoms with Crippen LogP contribution in [0.2, 0.25) is 0 Å². The summed E-state index contributed by atoms with van der Waals surface area (Å²) in [6.45, 7) is 9.53. The van der Waals surface area contributed by atoms with Crippen molar-refractivity contribution in [3.05, 3.63) is 34.9 Å². The summed E-state index contributed by atoms with van der Waals surface area (Å²) in [4.78, 5) is 0. The van der Waals surface area contributed by atoms with E-state index in [1.54, 1.807) is 5.57 Å². The quantitative estimate of drug-likeness (QED) is 0.464. The van der Waals surface area contributed by atoms with E-state index < -0.39 is 0 Å². The lowest BCUT2D eigenvalue weighted by molar-refractivity contribution is 0.146. The maximum absolute atomic E-state index is 10.0. The van der Waals surface area contributed by atoms with Crippen LogP contribution in [0.15, 0.2) is 34.9 Å². The molecule has 0 saturated heterocycles. The summed E-state index contributed by atoms with van der Waals surface area (Å²) in [5.41, 5.74) is 4.96. The van der Waals surface area contributed by atoms with E-state index in [2.05, 4.69) is 45.9 Å². The van der Waals surface area contributed by atoms with Gasteiger partial charge in [-0.3, -0.25) is 0 Å². The van der Waals surface area contributed by atoms with Gasteiger partial charge >= 0.3 is 0 Å². The molecule has 0 aromatic heterocycles. The van der Waals surface area contributed by atoms with Gasteiger partial charge in [0.1, 0.15) is 0 Å². The minimum Gasteiger partial charge on any atom is -0.393 e. The summed E-state index contributed by atoms with van der Waals surface area (Å²) in [6, 6.07) is 0. The minimum atomic E-state index is -0.138. The van der Waals surface area contributed by atoms with E-state index in [0.717, 1.165) is 37.0 Å². The van der Waals surface area contributed by atoms with Gasteiger partial charge in [-0.2, -0.15) is 0 Å². The summed E-state index contributed by atoms with van der Waals surface area (Å²) in [5, 5.41) is 10.0. The third kappa shape index (κ3) is 4.97. The second-order valence-corrected chi connectivity index (χ2v) is 10.3. The van der Waals surface area contributed by atoms with Crippen LogP contribution in [0.1, 0.15) is 98.3 Å². The van der Waals surface area contributed by atoms with E-state index >= 15 is 0 Å². The molecule has 1 N–H and O–H groups in total. The Labute approximate surface area is 168 Å². The van der Waals surface area contributed by atoms with Gasteiger partial charge in [0.15, 0.2) is 0 Å². The zero-order chi connectivity index (χ0) is 19.4. The number of hydrogen-bond donors (Lipinski definition) is 1. The molecular weight excluding hydrogens is 328 g/mol. The topological polar surface area (TPSA) is 20.2 Å². The van der Waals surface area contributed by atoms with E-state index in [1.807, 2.05) is 0 Å². The fourth-order valence-corrected chi connectivity index (χ4v) is 6.01. The van der Waals surface area contributed by atoms with Crippen molar-refractivity contribution in [2.24, 2.45) is 23.2 Å². The van der Waals surface area contributed by atoms with Gasteiger partial charge in [-0.05, 0) is 92.6 Å². The minimum absolute atomic E-state index is 0.138. The van der Waals surface area contributed by atoms with Crippen LogP contribution in [0.4, 0.5) is 0 Å². The standard InChI is InChI=1S/C26H42O/c1-19(2)8-5-6-10-23-14-16-25-21(9-7-17-26(23,25)4)12-13-22-18-24(27)15-11-20(22)3/h9,12-13,19,23-25,27H,5-8,10-11,14-18H2,1-4H3/b13-12-. The largest absolute Gasteiger partial charge is 0.393 e. The lowest BCUT2D eigenvalue weighted by Gasteiger charge is -2.41. The average Bonchev–Trinajstić information content (AvgIpc) is 2.96. The molecule has 0 aromatic carbocycles. The molecule has 4 unspecified atom stereocenters. The van der Waals surface area contributed by atoms with Crippen LogP contribution in [0.5, 0.6) is 0 Å². The van der Waals surface area contributed by atoms with Gasteiger partial charge in [0.2, 0.25) is 0 Å². The van der Waals surface area contributed by atoms with E-state index in [1.165, 1.54) is 62.5 Å².